The van der Waals surface area contributed by atoms with Crippen molar-refractivity contribution in [3.8, 4) is 0 Å². The van der Waals surface area contributed by atoms with Crippen LogP contribution in [0.5, 0.6) is 0 Å². The van der Waals surface area contributed by atoms with Gasteiger partial charge in [-0.1, -0.05) is 19.1 Å². The van der Waals surface area contributed by atoms with Gasteiger partial charge in [-0.2, -0.15) is 0 Å². The Labute approximate surface area is 109 Å². The van der Waals surface area contributed by atoms with Crippen LogP contribution in [0, 0.1) is 11.6 Å². The van der Waals surface area contributed by atoms with Crippen molar-refractivity contribution in [2.45, 2.75) is 19.4 Å². The molecule has 18 heavy (non-hydrogen) atoms. The van der Waals surface area contributed by atoms with E-state index in [1.807, 2.05) is 24.4 Å². The fourth-order valence-corrected chi connectivity index (χ4v) is 2.75. The van der Waals surface area contributed by atoms with Crippen LogP contribution in [0.2, 0.25) is 0 Å². The number of thiophene rings is 1. The first-order valence-corrected chi connectivity index (χ1v) is 6.80. The minimum absolute atomic E-state index is 0.132. The molecule has 0 radical (unpaired) electrons. The Morgan fingerprint density at radius 1 is 1.17 bits per heavy atom. The molecule has 0 aliphatic rings. The van der Waals surface area contributed by atoms with Crippen LogP contribution in [-0.2, 0) is 6.42 Å². The van der Waals surface area contributed by atoms with Gasteiger partial charge in [0.05, 0.1) is 0 Å². The summed E-state index contributed by atoms with van der Waals surface area (Å²) in [6.07, 6.45) is 0.601. The topological polar surface area (TPSA) is 12.0 Å². The maximum atomic E-state index is 13.8. The van der Waals surface area contributed by atoms with Crippen molar-refractivity contribution in [2.24, 2.45) is 0 Å². The van der Waals surface area contributed by atoms with E-state index in [1.54, 1.807) is 11.3 Å². The summed E-state index contributed by atoms with van der Waals surface area (Å²) in [6.45, 7) is 2.60. The van der Waals surface area contributed by atoms with Crippen LogP contribution in [0.1, 0.15) is 23.4 Å². The molecule has 1 nitrogen and oxygen atoms in total. The van der Waals surface area contributed by atoms with Crippen molar-refractivity contribution in [1.82, 2.24) is 5.32 Å². The summed E-state index contributed by atoms with van der Waals surface area (Å²) < 4.78 is 27.6. The van der Waals surface area contributed by atoms with Gasteiger partial charge in [0.15, 0.2) is 0 Å². The first-order valence-electron chi connectivity index (χ1n) is 5.92. The molecule has 1 unspecified atom stereocenters. The molecule has 1 aromatic heterocycles. The lowest BCUT2D eigenvalue weighted by atomic mass is 10.0. The molecule has 2 rings (SSSR count). The lowest BCUT2D eigenvalue weighted by Crippen LogP contribution is -2.24. The van der Waals surface area contributed by atoms with Crippen molar-refractivity contribution in [3.63, 3.8) is 0 Å². The van der Waals surface area contributed by atoms with Gasteiger partial charge in [0.2, 0.25) is 0 Å². The van der Waals surface area contributed by atoms with Gasteiger partial charge in [0.1, 0.15) is 11.6 Å². The Bertz CT molecular complexity index is 476. The summed E-state index contributed by atoms with van der Waals surface area (Å²) in [5.41, 5.74) is 0.132. The van der Waals surface area contributed by atoms with E-state index in [2.05, 4.69) is 5.32 Å². The lowest BCUT2D eigenvalue weighted by Gasteiger charge is -2.19. The molecule has 0 bridgehead atoms. The van der Waals surface area contributed by atoms with Crippen molar-refractivity contribution in [2.75, 3.05) is 6.54 Å². The molecule has 0 spiro atoms. The Balaban J connectivity index is 2.29. The normalized spacial score (nSPS) is 12.6. The van der Waals surface area contributed by atoms with Crippen LogP contribution in [0.4, 0.5) is 8.78 Å². The smallest absolute Gasteiger partial charge is 0.130 e. The zero-order chi connectivity index (χ0) is 13.0. The quantitative estimate of drug-likeness (QED) is 0.865. The van der Waals surface area contributed by atoms with E-state index in [-0.39, 0.29) is 11.6 Å². The van der Waals surface area contributed by atoms with Gasteiger partial charge < -0.3 is 5.32 Å². The van der Waals surface area contributed by atoms with Gasteiger partial charge >= 0.3 is 0 Å². The average molecular weight is 267 g/mol. The molecular weight excluding hydrogens is 252 g/mol. The minimum Gasteiger partial charge on any atom is -0.310 e. The average Bonchev–Trinajstić information content (AvgIpc) is 2.82. The van der Waals surface area contributed by atoms with E-state index in [4.69, 9.17) is 0 Å². The van der Waals surface area contributed by atoms with Crippen LogP contribution >= 0.6 is 11.3 Å². The number of likely N-dealkylation sites (N-methyl/N-ethyl adjacent to an activating group) is 1. The largest absolute Gasteiger partial charge is 0.310 e. The van der Waals surface area contributed by atoms with Gasteiger partial charge in [0, 0.05) is 22.9 Å². The summed E-state index contributed by atoms with van der Waals surface area (Å²) in [6, 6.07) is 7.60. The van der Waals surface area contributed by atoms with Gasteiger partial charge in [-0.15, -0.1) is 11.3 Å². The molecule has 0 amide bonds. The molecule has 0 saturated heterocycles. The monoisotopic (exact) mass is 267 g/mol. The number of halogens is 2. The maximum Gasteiger partial charge on any atom is 0.130 e. The van der Waals surface area contributed by atoms with E-state index in [9.17, 15) is 8.78 Å². The fourth-order valence-electron chi connectivity index (χ4n) is 2.00. The van der Waals surface area contributed by atoms with E-state index < -0.39 is 11.6 Å². The third-order valence-corrected chi connectivity index (χ3v) is 3.68. The number of nitrogens with one attached hydrogen (secondary N) is 1. The van der Waals surface area contributed by atoms with E-state index in [0.29, 0.717) is 13.0 Å². The molecule has 0 fully saturated rings. The second kappa shape index (κ2) is 6.07. The predicted octanol–water partition coefficient (Wildman–Crippen LogP) is 3.92. The number of hydrogen-bond acceptors (Lipinski definition) is 2. The van der Waals surface area contributed by atoms with Crippen LogP contribution in [0.25, 0.3) is 0 Å². The van der Waals surface area contributed by atoms with Gasteiger partial charge in [0.25, 0.3) is 0 Å². The van der Waals surface area contributed by atoms with Crippen LogP contribution in [0.3, 0.4) is 0 Å². The highest BCUT2D eigenvalue weighted by Crippen LogP contribution is 2.25. The third-order valence-electron chi connectivity index (χ3n) is 2.78. The Kier molecular flexibility index (Phi) is 4.44. The zero-order valence-corrected chi connectivity index (χ0v) is 10.9. The highest BCUT2D eigenvalue weighted by atomic mass is 32.1. The van der Waals surface area contributed by atoms with Crippen molar-refractivity contribution >= 4 is 11.3 Å². The minimum atomic E-state index is -0.488. The first kappa shape index (κ1) is 13.2. The fraction of sp³-hybridized carbons (Fsp3) is 0.286. The van der Waals surface area contributed by atoms with Gasteiger partial charge in [-0.05, 0) is 30.1 Å². The zero-order valence-electron chi connectivity index (χ0n) is 10.1. The summed E-state index contributed by atoms with van der Waals surface area (Å²) in [7, 11) is 0. The summed E-state index contributed by atoms with van der Waals surface area (Å²) >= 11 is 1.60. The van der Waals surface area contributed by atoms with Crippen LogP contribution in [-0.4, -0.2) is 6.54 Å². The number of hydrogen-bond donors (Lipinski definition) is 1. The SMILES string of the molecule is CCNC(Cc1cccs1)c1c(F)cccc1F. The number of benzene rings is 1. The van der Waals surface area contributed by atoms with Crippen LogP contribution in [0.15, 0.2) is 35.7 Å². The number of rotatable bonds is 5. The Hall–Kier alpha value is -1.26. The third kappa shape index (κ3) is 2.94. The van der Waals surface area contributed by atoms with Crippen LogP contribution < -0.4 is 5.32 Å². The molecule has 2 aromatic rings. The lowest BCUT2D eigenvalue weighted by molar-refractivity contribution is 0.474. The second-order valence-corrected chi connectivity index (χ2v) is 5.06. The van der Waals surface area contributed by atoms with E-state index in [0.717, 1.165) is 4.88 Å². The molecular formula is C14H15F2NS. The van der Waals surface area contributed by atoms with E-state index >= 15 is 0 Å². The summed E-state index contributed by atoms with van der Waals surface area (Å²) in [4.78, 5) is 1.11. The molecule has 1 N–H and O–H groups in total. The standard InChI is InChI=1S/C14H15F2NS/c1-2-17-13(9-10-5-4-8-18-10)14-11(15)6-3-7-12(14)16/h3-8,13,17H,2,9H2,1H3. The molecule has 1 atom stereocenters. The predicted molar refractivity (Wildman–Crippen MR) is 70.8 cm³/mol. The molecule has 0 saturated carbocycles. The molecule has 1 heterocycles. The summed E-state index contributed by atoms with van der Waals surface area (Å²) in [5, 5.41) is 5.11. The molecule has 0 aliphatic carbocycles. The molecule has 1 aromatic carbocycles. The Morgan fingerprint density at radius 3 is 2.44 bits per heavy atom. The molecule has 96 valence electrons. The summed E-state index contributed by atoms with van der Waals surface area (Å²) in [5.74, 6) is -0.977. The maximum absolute atomic E-state index is 13.8. The highest BCUT2D eigenvalue weighted by molar-refractivity contribution is 7.09. The van der Waals surface area contributed by atoms with Crippen molar-refractivity contribution in [1.29, 1.82) is 0 Å². The Morgan fingerprint density at radius 2 is 1.89 bits per heavy atom. The van der Waals surface area contributed by atoms with E-state index in [1.165, 1.54) is 18.2 Å². The molecule has 0 aliphatic heterocycles. The van der Waals surface area contributed by atoms with Crippen molar-refractivity contribution in [3.05, 3.63) is 57.8 Å². The first-order chi connectivity index (χ1) is 8.72. The van der Waals surface area contributed by atoms with Gasteiger partial charge in [-0.3, -0.25) is 0 Å². The molecule has 4 heteroatoms. The van der Waals surface area contributed by atoms with Gasteiger partial charge in [-0.25, -0.2) is 8.78 Å². The second-order valence-electron chi connectivity index (χ2n) is 4.03. The van der Waals surface area contributed by atoms with Crippen molar-refractivity contribution < 1.29 is 8.78 Å². The highest BCUT2D eigenvalue weighted by Gasteiger charge is 2.19.